The number of rotatable bonds is 9. The van der Waals surface area contributed by atoms with E-state index in [4.69, 9.17) is 0 Å². The van der Waals surface area contributed by atoms with E-state index in [2.05, 4.69) is 53.5 Å². The molecule has 1 aliphatic heterocycles. The molecule has 3 heteroatoms. The van der Waals surface area contributed by atoms with Crippen LogP contribution in [0.15, 0.2) is 35.9 Å². The van der Waals surface area contributed by atoms with Crippen LogP contribution in [0.1, 0.15) is 57.9 Å². The van der Waals surface area contributed by atoms with Gasteiger partial charge in [-0.1, -0.05) is 48.9 Å². The van der Waals surface area contributed by atoms with E-state index in [9.17, 15) is 4.79 Å². The van der Waals surface area contributed by atoms with Crippen molar-refractivity contribution in [1.82, 2.24) is 10.2 Å². The Balaban J connectivity index is 1.17. The molecular weight excluding hydrogens is 332 g/mol. The van der Waals surface area contributed by atoms with Crippen LogP contribution in [0.25, 0.3) is 6.08 Å². The summed E-state index contributed by atoms with van der Waals surface area (Å²) in [7, 11) is 0. The third-order valence-electron chi connectivity index (χ3n) is 6.76. The Bertz CT molecular complexity index is 682. The molecule has 1 aromatic carbocycles. The summed E-state index contributed by atoms with van der Waals surface area (Å²) in [5, 5.41) is 3.93. The van der Waals surface area contributed by atoms with E-state index in [0.29, 0.717) is 17.2 Å². The Morgan fingerprint density at radius 1 is 1.26 bits per heavy atom. The summed E-state index contributed by atoms with van der Waals surface area (Å²) in [6.07, 6.45) is 9.35. The highest BCUT2D eigenvalue weighted by Crippen LogP contribution is 2.50. The fourth-order valence-corrected chi connectivity index (χ4v) is 5.30. The van der Waals surface area contributed by atoms with Crippen molar-refractivity contribution < 1.29 is 4.79 Å². The number of benzene rings is 1. The van der Waals surface area contributed by atoms with Gasteiger partial charge in [0.2, 0.25) is 0 Å². The van der Waals surface area contributed by atoms with Gasteiger partial charge in [-0.25, -0.2) is 0 Å². The molecule has 1 saturated heterocycles. The van der Waals surface area contributed by atoms with Crippen molar-refractivity contribution in [3.05, 3.63) is 41.5 Å². The van der Waals surface area contributed by atoms with Crippen LogP contribution in [0.4, 0.5) is 0 Å². The van der Waals surface area contributed by atoms with Gasteiger partial charge in [-0.05, 0) is 62.5 Å². The number of nitrogens with one attached hydrogen (secondary N) is 1. The predicted molar refractivity (Wildman–Crippen MR) is 112 cm³/mol. The number of nitrogens with zero attached hydrogens (tertiary/aromatic N) is 1. The quantitative estimate of drug-likeness (QED) is 0.707. The average molecular weight is 367 g/mol. The third kappa shape index (κ3) is 4.52. The second kappa shape index (κ2) is 7.89. The Morgan fingerprint density at radius 3 is 2.67 bits per heavy atom. The molecule has 0 bridgehead atoms. The number of hydrogen-bond donors (Lipinski definition) is 1. The zero-order valence-corrected chi connectivity index (χ0v) is 16.9. The number of hydrogen-bond acceptors (Lipinski definition) is 3. The molecule has 1 spiro atoms. The van der Waals surface area contributed by atoms with Crippen molar-refractivity contribution in [2.45, 2.75) is 64.5 Å². The minimum Gasteiger partial charge on any atom is -0.311 e. The van der Waals surface area contributed by atoms with Gasteiger partial charge in [0.05, 0.1) is 0 Å². The first-order valence-electron chi connectivity index (χ1n) is 10.8. The summed E-state index contributed by atoms with van der Waals surface area (Å²) >= 11 is 0. The molecular formula is C24H34N2O. The SMILES string of the molecule is CC/C(=C\c1ccccc1)[C@@H]1C[C@H]1NC1CC2(C1)CN(CCCC(C)=O)C2. The van der Waals surface area contributed by atoms with E-state index in [1.807, 2.05) is 0 Å². The molecule has 1 heterocycles. The first-order chi connectivity index (χ1) is 13.1. The maximum Gasteiger partial charge on any atom is 0.129 e. The van der Waals surface area contributed by atoms with Gasteiger partial charge in [-0.2, -0.15) is 0 Å². The van der Waals surface area contributed by atoms with Crippen molar-refractivity contribution in [3.63, 3.8) is 0 Å². The smallest absolute Gasteiger partial charge is 0.129 e. The normalized spacial score (nSPS) is 27.3. The Morgan fingerprint density at radius 2 is 2.00 bits per heavy atom. The minimum atomic E-state index is 0.324. The van der Waals surface area contributed by atoms with Crippen molar-refractivity contribution in [2.75, 3.05) is 19.6 Å². The van der Waals surface area contributed by atoms with Gasteiger partial charge in [0.1, 0.15) is 5.78 Å². The van der Waals surface area contributed by atoms with Crippen LogP contribution in [-0.2, 0) is 4.79 Å². The molecule has 3 fully saturated rings. The minimum absolute atomic E-state index is 0.324. The maximum absolute atomic E-state index is 11.0. The second-order valence-electron chi connectivity index (χ2n) is 9.22. The average Bonchev–Trinajstić information content (AvgIpc) is 3.35. The zero-order chi connectivity index (χ0) is 18.9. The molecule has 3 nitrogen and oxygen atoms in total. The molecule has 0 unspecified atom stereocenters. The van der Waals surface area contributed by atoms with Gasteiger partial charge in [-0.15, -0.1) is 0 Å². The summed E-state index contributed by atoms with van der Waals surface area (Å²) in [6, 6.07) is 12.2. The molecule has 1 aromatic rings. The monoisotopic (exact) mass is 366 g/mol. The number of Topliss-reactive ketones (excluding diaryl/α,β-unsaturated/α-hetero) is 1. The van der Waals surface area contributed by atoms with Crippen molar-refractivity contribution in [2.24, 2.45) is 11.3 Å². The first kappa shape index (κ1) is 18.9. The number of carbonyl (C=O) groups is 1. The molecule has 0 amide bonds. The van der Waals surface area contributed by atoms with E-state index in [1.165, 1.54) is 37.9 Å². The highest BCUT2D eigenvalue weighted by Gasteiger charge is 2.53. The van der Waals surface area contributed by atoms with Crippen molar-refractivity contribution >= 4 is 11.9 Å². The molecule has 0 radical (unpaired) electrons. The summed E-state index contributed by atoms with van der Waals surface area (Å²) in [5.41, 5.74) is 3.54. The van der Waals surface area contributed by atoms with E-state index < -0.39 is 0 Å². The Hall–Kier alpha value is -1.45. The van der Waals surface area contributed by atoms with Gasteiger partial charge in [0, 0.05) is 31.6 Å². The van der Waals surface area contributed by atoms with Crippen molar-refractivity contribution in [3.8, 4) is 0 Å². The molecule has 146 valence electrons. The lowest BCUT2D eigenvalue weighted by molar-refractivity contribution is -0.117. The van der Waals surface area contributed by atoms with Crippen LogP contribution in [0.2, 0.25) is 0 Å². The van der Waals surface area contributed by atoms with Crippen LogP contribution in [0, 0.1) is 11.3 Å². The number of likely N-dealkylation sites (tertiary alicyclic amines) is 1. The lowest BCUT2D eigenvalue weighted by Crippen LogP contribution is -2.66. The van der Waals surface area contributed by atoms with Gasteiger partial charge < -0.3 is 15.0 Å². The molecule has 3 aliphatic rings. The summed E-state index contributed by atoms with van der Waals surface area (Å²) in [4.78, 5) is 13.6. The molecule has 2 saturated carbocycles. The second-order valence-corrected chi connectivity index (χ2v) is 9.22. The largest absolute Gasteiger partial charge is 0.311 e. The molecule has 27 heavy (non-hydrogen) atoms. The molecule has 2 aliphatic carbocycles. The fraction of sp³-hybridized carbons (Fsp3) is 0.625. The summed E-state index contributed by atoms with van der Waals surface area (Å²) < 4.78 is 0. The highest BCUT2D eigenvalue weighted by atomic mass is 16.1. The van der Waals surface area contributed by atoms with Crippen LogP contribution < -0.4 is 5.32 Å². The third-order valence-corrected chi connectivity index (χ3v) is 6.76. The molecule has 4 rings (SSSR count). The Kier molecular flexibility index (Phi) is 5.52. The van der Waals surface area contributed by atoms with E-state index in [-0.39, 0.29) is 0 Å². The zero-order valence-electron chi connectivity index (χ0n) is 16.9. The fourth-order valence-electron chi connectivity index (χ4n) is 5.30. The summed E-state index contributed by atoms with van der Waals surface area (Å²) in [5.74, 6) is 1.07. The molecule has 1 N–H and O–H groups in total. The highest BCUT2D eigenvalue weighted by molar-refractivity contribution is 5.75. The number of carbonyl (C=O) groups excluding carboxylic acids is 1. The summed E-state index contributed by atoms with van der Waals surface area (Å²) in [6.45, 7) is 7.60. The van der Waals surface area contributed by atoms with Crippen LogP contribution in [0.5, 0.6) is 0 Å². The van der Waals surface area contributed by atoms with E-state index >= 15 is 0 Å². The van der Waals surface area contributed by atoms with Gasteiger partial charge in [0.15, 0.2) is 0 Å². The van der Waals surface area contributed by atoms with Crippen LogP contribution >= 0.6 is 0 Å². The molecule has 2 atom stereocenters. The molecule has 0 aromatic heterocycles. The van der Waals surface area contributed by atoms with Gasteiger partial charge >= 0.3 is 0 Å². The van der Waals surface area contributed by atoms with Crippen molar-refractivity contribution in [1.29, 1.82) is 0 Å². The Labute approximate surface area is 164 Å². The van der Waals surface area contributed by atoms with Gasteiger partial charge in [0.25, 0.3) is 0 Å². The number of ketones is 1. The van der Waals surface area contributed by atoms with Crippen LogP contribution in [-0.4, -0.2) is 42.4 Å². The maximum atomic E-state index is 11.0. The predicted octanol–water partition coefficient (Wildman–Crippen LogP) is 4.29. The lowest BCUT2D eigenvalue weighted by atomic mass is 9.60. The topological polar surface area (TPSA) is 32.3 Å². The lowest BCUT2D eigenvalue weighted by Gasteiger charge is -2.59. The van der Waals surface area contributed by atoms with E-state index in [1.54, 1.807) is 12.5 Å². The standard InChI is InChI=1S/C24H34N2O/c1-3-20(12-19-9-5-4-6-10-19)22-13-23(22)25-21-14-24(15-21)16-26(17-24)11-7-8-18(2)27/h4-6,9-10,12,21-23,25H,3,7-8,11,13-17H2,1-2H3/b20-12+/t22-,23+/m0/s1. The first-order valence-corrected chi connectivity index (χ1v) is 10.8. The van der Waals surface area contributed by atoms with Crippen LogP contribution in [0.3, 0.4) is 0 Å². The van der Waals surface area contributed by atoms with E-state index in [0.717, 1.165) is 37.8 Å². The van der Waals surface area contributed by atoms with Gasteiger partial charge in [-0.3, -0.25) is 0 Å².